The van der Waals surface area contributed by atoms with Gasteiger partial charge in [-0.2, -0.15) is 0 Å². The zero-order valence-electron chi connectivity index (χ0n) is 13.9. The second-order valence-electron chi connectivity index (χ2n) is 6.32. The van der Waals surface area contributed by atoms with Crippen molar-refractivity contribution in [1.29, 1.82) is 0 Å². The second-order valence-corrected chi connectivity index (χ2v) is 6.32. The topological polar surface area (TPSA) is 49.4 Å². The van der Waals surface area contributed by atoms with Crippen LogP contribution in [-0.2, 0) is 22.6 Å². The van der Waals surface area contributed by atoms with Crippen molar-refractivity contribution in [2.45, 2.75) is 25.8 Å². The predicted molar refractivity (Wildman–Crippen MR) is 94.4 cm³/mol. The first-order valence-corrected chi connectivity index (χ1v) is 8.30. The molecule has 0 aliphatic carbocycles. The van der Waals surface area contributed by atoms with E-state index in [1.807, 2.05) is 61.6 Å². The van der Waals surface area contributed by atoms with Crippen molar-refractivity contribution in [3.8, 4) is 0 Å². The van der Waals surface area contributed by atoms with Gasteiger partial charge in [0.2, 0.25) is 11.8 Å². The van der Waals surface area contributed by atoms with E-state index in [-0.39, 0.29) is 17.7 Å². The van der Waals surface area contributed by atoms with Crippen molar-refractivity contribution in [3.05, 3.63) is 65.7 Å². The minimum atomic E-state index is -0.131. The van der Waals surface area contributed by atoms with E-state index in [4.69, 9.17) is 0 Å². The van der Waals surface area contributed by atoms with Gasteiger partial charge in [-0.25, -0.2) is 0 Å². The zero-order chi connectivity index (χ0) is 16.9. The summed E-state index contributed by atoms with van der Waals surface area (Å²) in [5.41, 5.74) is 3.15. The number of carbonyl (C=O) groups excluding carboxylic acids is 2. The van der Waals surface area contributed by atoms with Crippen LogP contribution in [0.4, 0.5) is 5.69 Å². The Morgan fingerprint density at radius 3 is 2.62 bits per heavy atom. The summed E-state index contributed by atoms with van der Waals surface area (Å²) in [4.78, 5) is 26.3. The maximum atomic E-state index is 12.3. The Bertz CT molecular complexity index is 727. The van der Waals surface area contributed by atoms with Gasteiger partial charge in [-0.15, -0.1) is 0 Å². The highest BCUT2D eigenvalue weighted by Gasteiger charge is 2.26. The molecule has 24 heavy (non-hydrogen) atoms. The van der Waals surface area contributed by atoms with E-state index in [0.717, 1.165) is 16.8 Å². The summed E-state index contributed by atoms with van der Waals surface area (Å²) in [6, 6.07) is 17.8. The summed E-state index contributed by atoms with van der Waals surface area (Å²) in [5.74, 6) is -0.0355. The smallest absolute Gasteiger partial charge is 0.227 e. The fourth-order valence-electron chi connectivity index (χ4n) is 3.08. The first-order valence-electron chi connectivity index (χ1n) is 8.30. The van der Waals surface area contributed by atoms with Gasteiger partial charge in [0.1, 0.15) is 0 Å². The summed E-state index contributed by atoms with van der Waals surface area (Å²) >= 11 is 0. The standard InChI is InChI=1S/C20H22N2O2/c1-22(14-15-7-3-2-4-8-15)19(23)12-11-17-13-16-9-5-6-10-18(16)21-20(17)24/h2-10,17H,11-14H2,1H3,(H,21,24)/t17-/m1/s1. The van der Waals surface area contributed by atoms with Crippen molar-refractivity contribution < 1.29 is 9.59 Å². The van der Waals surface area contributed by atoms with Gasteiger partial charge < -0.3 is 10.2 Å². The Balaban J connectivity index is 1.54. The average Bonchev–Trinajstić information content (AvgIpc) is 2.60. The lowest BCUT2D eigenvalue weighted by Crippen LogP contribution is -2.32. The molecule has 0 radical (unpaired) electrons. The Kier molecular flexibility index (Phi) is 4.94. The fraction of sp³-hybridized carbons (Fsp3) is 0.300. The van der Waals surface area contributed by atoms with Crippen LogP contribution in [0.25, 0.3) is 0 Å². The molecule has 2 aromatic rings. The molecule has 3 rings (SSSR count). The van der Waals surface area contributed by atoms with Crippen molar-refractivity contribution in [2.75, 3.05) is 12.4 Å². The molecule has 124 valence electrons. The molecule has 4 nitrogen and oxygen atoms in total. The molecule has 0 saturated carbocycles. The maximum Gasteiger partial charge on any atom is 0.227 e. The third-order valence-corrected chi connectivity index (χ3v) is 4.51. The number of nitrogens with zero attached hydrogens (tertiary/aromatic N) is 1. The molecule has 0 unspecified atom stereocenters. The number of hydrogen-bond acceptors (Lipinski definition) is 2. The zero-order valence-corrected chi connectivity index (χ0v) is 13.9. The van der Waals surface area contributed by atoms with E-state index in [1.165, 1.54) is 0 Å². The molecule has 0 spiro atoms. The van der Waals surface area contributed by atoms with Crippen LogP contribution in [0.5, 0.6) is 0 Å². The van der Waals surface area contributed by atoms with Crippen molar-refractivity contribution in [1.82, 2.24) is 4.90 Å². The first-order chi connectivity index (χ1) is 11.6. The number of para-hydroxylation sites is 1. The molecule has 1 atom stereocenters. The highest BCUT2D eigenvalue weighted by Crippen LogP contribution is 2.27. The number of fused-ring (bicyclic) bond motifs is 1. The third kappa shape index (κ3) is 3.82. The SMILES string of the molecule is CN(Cc1ccccc1)C(=O)CC[C@@H]1Cc2ccccc2NC1=O. The molecule has 1 aliphatic rings. The van der Waals surface area contributed by atoms with E-state index in [9.17, 15) is 9.59 Å². The number of hydrogen-bond donors (Lipinski definition) is 1. The number of carbonyl (C=O) groups is 2. The monoisotopic (exact) mass is 322 g/mol. The average molecular weight is 322 g/mol. The van der Waals surface area contributed by atoms with Gasteiger partial charge in [-0.1, -0.05) is 48.5 Å². The van der Waals surface area contributed by atoms with Gasteiger partial charge in [0.25, 0.3) is 0 Å². The van der Waals surface area contributed by atoms with Crippen LogP contribution in [-0.4, -0.2) is 23.8 Å². The second kappa shape index (κ2) is 7.30. The molecule has 2 amide bonds. The normalized spacial score (nSPS) is 16.2. The Morgan fingerprint density at radius 2 is 1.83 bits per heavy atom. The molecule has 2 aromatic carbocycles. The molecule has 0 bridgehead atoms. The van der Waals surface area contributed by atoms with E-state index >= 15 is 0 Å². The summed E-state index contributed by atoms with van der Waals surface area (Å²) in [6.07, 6.45) is 1.68. The molecule has 0 fully saturated rings. The highest BCUT2D eigenvalue weighted by atomic mass is 16.2. The minimum absolute atomic E-state index is 0.0206. The summed E-state index contributed by atoms with van der Waals surface area (Å²) in [7, 11) is 1.81. The summed E-state index contributed by atoms with van der Waals surface area (Å²) in [5, 5.41) is 2.94. The van der Waals surface area contributed by atoms with Gasteiger partial charge in [-0.3, -0.25) is 9.59 Å². The van der Waals surface area contributed by atoms with Crippen LogP contribution in [0.3, 0.4) is 0 Å². The number of benzene rings is 2. The number of anilines is 1. The quantitative estimate of drug-likeness (QED) is 0.919. The molecule has 1 aliphatic heterocycles. The number of nitrogens with one attached hydrogen (secondary N) is 1. The third-order valence-electron chi connectivity index (χ3n) is 4.51. The molecular weight excluding hydrogens is 300 g/mol. The fourth-order valence-corrected chi connectivity index (χ4v) is 3.08. The van der Waals surface area contributed by atoms with E-state index in [2.05, 4.69) is 5.32 Å². The Labute approximate surface area is 142 Å². The van der Waals surface area contributed by atoms with Gasteiger partial charge >= 0.3 is 0 Å². The van der Waals surface area contributed by atoms with Crippen molar-refractivity contribution >= 4 is 17.5 Å². The van der Waals surface area contributed by atoms with Gasteiger partial charge in [0, 0.05) is 31.6 Å². The van der Waals surface area contributed by atoms with Crippen LogP contribution < -0.4 is 5.32 Å². The highest BCUT2D eigenvalue weighted by molar-refractivity contribution is 5.96. The lowest BCUT2D eigenvalue weighted by Gasteiger charge is -2.25. The minimum Gasteiger partial charge on any atom is -0.341 e. The van der Waals surface area contributed by atoms with Crippen LogP contribution in [0, 0.1) is 5.92 Å². The van der Waals surface area contributed by atoms with Crippen LogP contribution in [0.1, 0.15) is 24.0 Å². The van der Waals surface area contributed by atoms with Gasteiger partial charge in [0.15, 0.2) is 0 Å². The van der Waals surface area contributed by atoms with Crippen LogP contribution in [0.15, 0.2) is 54.6 Å². The summed E-state index contributed by atoms with van der Waals surface area (Å²) in [6.45, 7) is 0.597. The van der Waals surface area contributed by atoms with E-state index in [0.29, 0.717) is 25.8 Å². The Hall–Kier alpha value is -2.62. The number of amides is 2. The Morgan fingerprint density at radius 1 is 1.12 bits per heavy atom. The maximum absolute atomic E-state index is 12.3. The van der Waals surface area contributed by atoms with Crippen LogP contribution >= 0.6 is 0 Å². The molecular formula is C20H22N2O2. The lowest BCUT2D eigenvalue weighted by atomic mass is 9.89. The van der Waals surface area contributed by atoms with Gasteiger partial charge in [0.05, 0.1) is 0 Å². The van der Waals surface area contributed by atoms with Crippen LogP contribution in [0.2, 0.25) is 0 Å². The molecule has 1 N–H and O–H groups in total. The molecule has 0 saturated heterocycles. The van der Waals surface area contributed by atoms with Crippen molar-refractivity contribution in [3.63, 3.8) is 0 Å². The molecule has 0 aromatic heterocycles. The van der Waals surface area contributed by atoms with Gasteiger partial charge in [-0.05, 0) is 30.0 Å². The lowest BCUT2D eigenvalue weighted by molar-refractivity contribution is -0.131. The summed E-state index contributed by atoms with van der Waals surface area (Å²) < 4.78 is 0. The first kappa shape index (κ1) is 16.2. The van der Waals surface area contributed by atoms with Crippen molar-refractivity contribution in [2.24, 2.45) is 5.92 Å². The molecule has 4 heteroatoms. The largest absolute Gasteiger partial charge is 0.341 e. The number of rotatable bonds is 5. The molecule has 1 heterocycles. The van der Waals surface area contributed by atoms with E-state index in [1.54, 1.807) is 4.90 Å². The van der Waals surface area contributed by atoms with E-state index < -0.39 is 0 Å². The predicted octanol–water partition coefficient (Wildman–Crippen LogP) is 3.24.